The van der Waals surface area contributed by atoms with Gasteiger partial charge in [-0.05, 0) is 34.7 Å². The van der Waals surface area contributed by atoms with Gasteiger partial charge >= 0.3 is 0 Å². The molecule has 0 bridgehead atoms. The maximum atomic E-state index is 12.4. The van der Waals surface area contributed by atoms with Gasteiger partial charge in [0.2, 0.25) is 0 Å². The molecule has 0 aliphatic carbocycles. The van der Waals surface area contributed by atoms with E-state index in [-0.39, 0.29) is 24.1 Å². The van der Waals surface area contributed by atoms with Crippen LogP contribution >= 0.6 is 11.3 Å². The van der Waals surface area contributed by atoms with Crippen molar-refractivity contribution in [2.75, 3.05) is 6.61 Å². The summed E-state index contributed by atoms with van der Waals surface area (Å²) >= 11 is 1.43. The average Bonchev–Trinajstić information content (AvgIpc) is 3.25. The van der Waals surface area contributed by atoms with Crippen molar-refractivity contribution >= 4 is 21.6 Å². The van der Waals surface area contributed by atoms with E-state index >= 15 is 0 Å². The van der Waals surface area contributed by atoms with Crippen LogP contribution < -0.4 is 10.3 Å². The second-order valence-electron chi connectivity index (χ2n) is 7.82. The third-order valence-electron chi connectivity index (χ3n) is 5.37. The van der Waals surface area contributed by atoms with Crippen LogP contribution in [0.15, 0.2) is 77.2 Å². The SMILES string of the molecule is CC(C)(c1ccccc1)c1ccc(OCC(O)Cn2cnc3sccc3c2=O)cc1. The minimum absolute atomic E-state index is 0.0928. The van der Waals surface area contributed by atoms with Crippen LogP contribution in [0.3, 0.4) is 0 Å². The molecule has 0 aliphatic rings. The highest BCUT2D eigenvalue weighted by Gasteiger charge is 2.22. The first-order valence-corrected chi connectivity index (χ1v) is 10.7. The summed E-state index contributed by atoms with van der Waals surface area (Å²) in [4.78, 5) is 17.4. The van der Waals surface area contributed by atoms with E-state index in [4.69, 9.17) is 4.74 Å². The molecule has 4 rings (SSSR count). The summed E-state index contributed by atoms with van der Waals surface area (Å²) in [6.07, 6.45) is 0.659. The standard InChI is InChI=1S/C24H24N2O3S/c1-24(2,17-6-4-3-5-7-17)18-8-10-20(11-9-18)29-15-19(27)14-26-16-25-22-21(23(26)28)12-13-30-22/h3-13,16,19,27H,14-15H2,1-2H3. The van der Waals surface area contributed by atoms with E-state index in [9.17, 15) is 9.90 Å². The fourth-order valence-electron chi connectivity index (χ4n) is 3.48. The third kappa shape index (κ3) is 4.15. The third-order valence-corrected chi connectivity index (χ3v) is 6.19. The molecule has 0 spiro atoms. The molecule has 1 unspecified atom stereocenters. The quantitative estimate of drug-likeness (QED) is 0.486. The second kappa shape index (κ2) is 8.42. The van der Waals surface area contributed by atoms with Crippen LogP contribution in [0.5, 0.6) is 5.75 Å². The summed E-state index contributed by atoms with van der Waals surface area (Å²) in [6.45, 7) is 4.61. The minimum Gasteiger partial charge on any atom is -0.491 e. The van der Waals surface area contributed by atoms with Gasteiger partial charge < -0.3 is 9.84 Å². The van der Waals surface area contributed by atoms with Crippen molar-refractivity contribution in [3.63, 3.8) is 0 Å². The minimum atomic E-state index is -0.818. The Hall–Kier alpha value is -2.96. The maximum absolute atomic E-state index is 12.4. The van der Waals surface area contributed by atoms with E-state index in [0.29, 0.717) is 16.0 Å². The molecular formula is C24H24N2O3S. The lowest BCUT2D eigenvalue weighted by Crippen LogP contribution is -2.30. The first-order chi connectivity index (χ1) is 14.4. The molecule has 0 saturated heterocycles. The van der Waals surface area contributed by atoms with Gasteiger partial charge in [0.05, 0.1) is 18.3 Å². The Morgan fingerprint density at radius 2 is 1.77 bits per heavy atom. The predicted octanol–water partition coefficient (Wildman–Crippen LogP) is 4.22. The topological polar surface area (TPSA) is 64.3 Å². The number of hydrogen-bond acceptors (Lipinski definition) is 5. The highest BCUT2D eigenvalue weighted by molar-refractivity contribution is 7.16. The van der Waals surface area contributed by atoms with Gasteiger partial charge in [-0.15, -0.1) is 11.3 Å². The Bertz CT molecular complexity index is 1180. The summed E-state index contributed by atoms with van der Waals surface area (Å²) in [7, 11) is 0. The highest BCUT2D eigenvalue weighted by Crippen LogP contribution is 2.32. The smallest absolute Gasteiger partial charge is 0.262 e. The molecule has 4 aromatic rings. The van der Waals surface area contributed by atoms with Crippen molar-refractivity contribution in [2.45, 2.75) is 31.9 Å². The fraction of sp³-hybridized carbons (Fsp3) is 0.250. The molecule has 5 nitrogen and oxygen atoms in total. The van der Waals surface area contributed by atoms with Crippen LogP contribution in [0.25, 0.3) is 10.2 Å². The summed E-state index contributed by atoms with van der Waals surface area (Å²) in [5.41, 5.74) is 2.17. The van der Waals surface area contributed by atoms with Crippen LogP contribution in [-0.4, -0.2) is 27.4 Å². The lowest BCUT2D eigenvalue weighted by molar-refractivity contribution is 0.0915. The van der Waals surface area contributed by atoms with Crippen LogP contribution in [0.4, 0.5) is 0 Å². The first kappa shape index (κ1) is 20.3. The summed E-state index contributed by atoms with van der Waals surface area (Å²) < 4.78 is 7.17. The lowest BCUT2D eigenvalue weighted by atomic mass is 9.78. The highest BCUT2D eigenvalue weighted by atomic mass is 32.1. The Morgan fingerprint density at radius 3 is 2.50 bits per heavy atom. The van der Waals surface area contributed by atoms with Crippen molar-refractivity contribution in [1.82, 2.24) is 9.55 Å². The molecule has 154 valence electrons. The Labute approximate surface area is 179 Å². The van der Waals surface area contributed by atoms with Gasteiger partial charge in [-0.1, -0.05) is 56.3 Å². The van der Waals surface area contributed by atoms with Gasteiger partial charge in [-0.3, -0.25) is 9.36 Å². The maximum Gasteiger partial charge on any atom is 0.262 e. The van der Waals surface area contributed by atoms with Crippen molar-refractivity contribution in [1.29, 1.82) is 0 Å². The van der Waals surface area contributed by atoms with E-state index < -0.39 is 6.10 Å². The molecule has 2 aromatic heterocycles. The molecule has 0 saturated carbocycles. The molecule has 0 aliphatic heterocycles. The number of aliphatic hydroxyl groups excluding tert-OH is 1. The molecule has 1 atom stereocenters. The normalized spacial score (nSPS) is 12.8. The number of nitrogens with zero attached hydrogens (tertiary/aromatic N) is 2. The zero-order valence-electron chi connectivity index (χ0n) is 17.0. The van der Waals surface area contributed by atoms with Crippen molar-refractivity contribution in [3.8, 4) is 5.75 Å². The summed E-state index contributed by atoms with van der Waals surface area (Å²) in [5, 5.41) is 12.7. The van der Waals surface area contributed by atoms with Crippen molar-refractivity contribution in [3.05, 3.63) is 93.9 Å². The largest absolute Gasteiger partial charge is 0.491 e. The van der Waals surface area contributed by atoms with Gasteiger partial charge in [0.25, 0.3) is 5.56 Å². The molecule has 2 aromatic carbocycles. The van der Waals surface area contributed by atoms with Crippen LogP contribution in [0.1, 0.15) is 25.0 Å². The average molecular weight is 421 g/mol. The van der Waals surface area contributed by atoms with Gasteiger partial charge in [0.15, 0.2) is 0 Å². The van der Waals surface area contributed by atoms with Crippen LogP contribution in [-0.2, 0) is 12.0 Å². The molecule has 0 fully saturated rings. The Balaban J connectivity index is 1.39. The monoisotopic (exact) mass is 420 g/mol. The number of aliphatic hydroxyl groups is 1. The van der Waals surface area contributed by atoms with Gasteiger partial charge in [0.1, 0.15) is 23.3 Å². The first-order valence-electron chi connectivity index (χ1n) is 9.85. The van der Waals surface area contributed by atoms with E-state index in [0.717, 1.165) is 0 Å². The molecule has 6 heteroatoms. The number of thiophene rings is 1. The van der Waals surface area contributed by atoms with Crippen molar-refractivity contribution in [2.24, 2.45) is 0 Å². The molecular weight excluding hydrogens is 396 g/mol. The summed E-state index contributed by atoms with van der Waals surface area (Å²) in [5.74, 6) is 0.681. The Kier molecular flexibility index (Phi) is 5.70. The molecule has 1 N–H and O–H groups in total. The van der Waals surface area contributed by atoms with E-state index in [1.54, 1.807) is 6.07 Å². The number of benzene rings is 2. The number of ether oxygens (including phenoxy) is 1. The van der Waals surface area contributed by atoms with Gasteiger partial charge in [-0.25, -0.2) is 4.98 Å². The summed E-state index contributed by atoms with van der Waals surface area (Å²) in [6, 6.07) is 20.1. The van der Waals surface area contributed by atoms with Crippen LogP contribution in [0.2, 0.25) is 0 Å². The molecule has 0 amide bonds. The molecule has 0 radical (unpaired) electrons. The van der Waals surface area contributed by atoms with Crippen LogP contribution in [0, 0.1) is 0 Å². The number of rotatable bonds is 7. The second-order valence-corrected chi connectivity index (χ2v) is 8.72. The van der Waals surface area contributed by atoms with Gasteiger partial charge in [0, 0.05) is 5.41 Å². The zero-order chi connectivity index (χ0) is 21.1. The molecule has 30 heavy (non-hydrogen) atoms. The lowest BCUT2D eigenvalue weighted by Gasteiger charge is -2.26. The Morgan fingerprint density at radius 1 is 1.07 bits per heavy atom. The molecule has 2 heterocycles. The van der Waals surface area contributed by atoms with Crippen molar-refractivity contribution < 1.29 is 9.84 Å². The zero-order valence-corrected chi connectivity index (χ0v) is 17.8. The fourth-order valence-corrected chi connectivity index (χ4v) is 4.21. The van der Waals surface area contributed by atoms with E-state index in [1.165, 1.54) is 33.4 Å². The van der Waals surface area contributed by atoms with E-state index in [2.05, 4.69) is 31.0 Å². The van der Waals surface area contributed by atoms with Gasteiger partial charge in [-0.2, -0.15) is 0 Å². The van der Waals surface area contributed by atoms with E-state index in [1.807, 2.05) is 47.8 Å². The number of aromatic nitrogens is 2. The predicted molar refractivity (Wildman–Crippen MR) is 120 cm³/mol. The number of hydrogen-bond donors (Lipinski definition) is 1. The number of fused-ring (bicyclic) bond motifs is 1.